The molecule has 3 saturated carbocycles. The molecule has 3 atom stereocenters. The fourth-order valence-corrected chi connectivity index (χ4v) is 15.0. The average Bonchev–Trinajstić information content (AvgIpc) is 1.63. The van der Waals surface area contributed by atoms with E-state index in [-0.39, 0.29) is 163 Å². The van der Waals surface area contributed by atoms with Gasteiger partial charge in [-0.2, -0.15) is 70.3 Å². The summed E-state index contributed by atoms with van der Waals surface area (Å²) in [6.07, 6.45) is -8.35. The quantitative estimate of drug-likeness (QED) is 0.0206. The first kappa shape index (κ1) is 92.0. The van der Waals surface area contributed by atoms with Crippen molar-refractivity contribution < 1.29 is 94.7 Å². The number of fused-ring (bicyclic) bond motifs is 3. The van der Waals surface area contributed by atoms with Crippen LogP contribution in [0.2, 0.25) is 0 Å². The number of nitrogens with zero attached hydrogens (tertiary/aromatic N) is 6. The van der Waals surface area contributed by atoms with Crippen molar-refractivity contribution in [3.8, 4) is 85.6 Å². The number of amides is 3. The first-order chi connectivity index (χ1) is 59.8. The van der Waals surface area contributed by atoms with E-state index in [1.165, 1.54) is 130 Å². The number of benzene rings is 6. The molecule has 6 aromatic carbocycles. The van der Waals surface area contributed by atoms with Gasteiger partial charge < -0.3 is 45.2 Å². The Bertz CT molecular complexity index is 5760. The summed E-state index contributed by atoms with van der Waals surface area (Å²) in [6, 6.07) is 45.9. The van der Waals surface area contributed by atoms with Crippen molar-refractivity contribution >= 4 is 85.8 Å². The summed E-state index contributed by atoms with van der Waals surface area (Å²) < 4.78 is 177. The number of carbonyl (C=O) groups excluding carboxylic acids is 6. The monoisotopic (exact) mass is 1750 g/mol. The summed E-state index contributed by atoms with van der Waals surface area (Å²) in [5.41, 5.74) is 1.15. The van der Waals surface area contributed by atoms with Crippen LogP contribution in [-0.4, -0.2) is 109 Å². The minimum Gasteiger partial charge on any atom is -0.437 e. The minimum atomic E-state index is -4.56. The van der Waals surface area contributed by atoms with Crippen LogP contribution in [0.4, 0.5) is 70.1 Å². The van der Waals surface area contributed by atoms with Crippen molar-refractivity contribution in [3.63, 3.8) is 0 Å². The van der Waals surface area contributed by atoms with Gasteiger partial charge in [0.05, 0.1) is 67.3 Å². The number of furan rings is 3. The third kappa shape index (κ3) is 21.1. The van der Waals surface area contributed by atoms with Crippen molar-refractivity contribution in [2.24, 2.45) is 34.0 Å². The van der Waals surface area contributed by atoms with Crippen LogP contribution >= 0.6 is 0 Å². The van der Waals surface area contributed by atoms with Crippen molar-refractivity contribution in [1.29, 1.82) is 15.8 Å². The lowest BCUT2D eigenvalue weighted by atomic mass is 9.80. The summed E-state index contributed by atoms with van der Waals surface area (Å²) in [7, 11) is 4.23. The van der Waals surface area contributed by atoms with Gasteiger partial charge in [0, 0.05) is 90.5 Å². The van der Waals surface area contributed by atoms with Crippen LogP contribution in [0, 0.1) is 85.4 Å². The number of rotatable bonds is 27. The molecule has 127 heavy (non-hydrogen) atoms. The highest BCUT2D eigenvalue weighted by atomic mass is 19.4. The Morgan fingerprint density at radius 2 is 0.606 bits per heavy atom. The number of pyridine rings is 3. The fourth-order valence-electron chi connectivity index (χ4n) is 15.0. The first-order valence-electron chi connectivity index (χ1n) is 39.7. The molecule has 6 heterocycles. The Morgan fingerprint density at radius 3 is 0.811 bits per heavy atom. The molecule has 0 aliphatic heterocycles. The van der Waals surface area contributed by atoms with Gasteiger partial charge in [0.15, 0.2) is 17.3 Å². The van der Waals surface area contributed by atoms with E-state index in [1.54, 1.807) is 75.4 Å². The predicted octanol–water partition coefficient (Wildman–Crippen LogP) is 22.1. The molecule has 3 aliphatic rings. The van der Waals surface area contributed by atoms with E-state index in [1.807, 2.05) is 0 Å². The van der Waals surface area contributed by atoms with Gasteiger partial charge in [0.25, 0.3) is 17.7 Å². The van der Waals surface area contributed by atoms with Gasteiger partial charge >= 0.3 is 18.5 Å². The maximum absolute atomic E-state index is 13.6. The Morgan fingerprint density at radius 1 is 0.370 bits per heavy atom. The lowest BCUT2D eigenvalue weighted by molar-refractivity contribution is -0.116. The minimum absolute atomic E-state index is 0. The second kappa shape index (κ2) is 36.9. The lowest BCUT2D eigenvalue weighted by Crippen LogP contribution is -2.22. The zero-order valence-corrected chi connectivity index (χ0v) is 68.2. The third-order valence-electron chi connectivity index (χ3n) is 22.4. The molecule has 6 aromatic heterocycles. The number of hydrogen-bond acceptors (Lipinski definition) is 18. The van der Waals surface area contributed by atoms with Crippen LogP contribution in [0.15, 0.2) is 177 Å². The highest BCUT2D eigenvalue weighted by Gasteiger charge is 2.46. The van der Waals surface area contributed by atoms with Crippen LogP contribution in [0.25, 0.3) is 101 Å². The predicted molar refractivity (Wildman–Crippen MR) is 451 cm³/mol. The molecule has 0 radical (unpaired) electrons. The van der Waals surface area contributed by atoms with E-state index < -0.39 is 89.6 Å². The van der Waals surface area contributed by atoms with E-state index in [0.717, 1.165) is 38.5 Å². The number of ketones is 3. The maximum atomic E-state index is 13.6. The van der Waals surface area contributed by atoms with E-state index in [0.29, 0.717) is 50.1 Å². The Balaban J connectivity index is 0.000000172. The number of carbonyl (C=O) groups is 6. The molecular weight excluding hydrogens is 1670 g/mol. The van der Waals surface area contributed by atoms with E-state index in [2.05, 4.69) is 65.1 Å². The smallest absolute Gasteiger partial charge is 0.405 e. The topological polar surface area (TPSA) is 324 Å². The maximum Gasteiger partial charge on any atom is 0.405 e. The molecule has 15 rings (SSSR count). The first-order valence-corrected chi connectivity index (χ1v) is 39.7. The molecule has 3 unspecified atom stereocenters. The van der Waals surface area contributed by atoms with Gasteiger partial charge in [-0.1, -0.05) is 62.0 Å². The lowest BCUT2D eigenvalue weighted by Gasteiger charge is -2.20. The van der Waals surface area contributed by atoms with Gasteiger partial charge in [-0.05, 0) is 203 Å². The highest BCUT2D eigenvalue weighted by molar-refractivity contribution is 6.14. The van der Waals surface area contributed by atoms with Crippen molar-refractivity contribution in [1.82, 2.24) is 30.9 Å². The fraction of sp³-hybridized carbons (Fsp3) is 0.298. The molecular formula is C94H82F12N12O9. The van der Waals surface area contributed by atoms with Crippen LogP contribution in [0.3, 0.4) is 0 Å². The molecule has 12 aromatic rings. The van der Waals surface area contributed by atoms with Crippen LogP contribution in [0.1, 0.15) is 148 Å². The molecule has 6 N–H and O–H groups in total. The Kier molecular flexibility index (Phi) is 26.8. The van der Waals surface area contributed by atoms with Gasteiger partial charge in [-0.25, -0.2) is 13.2 Å². The largest absolute Gasteiger partial charge is 0.437 e. The van der Waals surface area contributed by atoms with Crippen molar-refractivity contribution in [2.45, 2.75) is 105 Å². The molecule has 21 nitrogen and oxygen atoms in total. The summed E-state index contributed by atoms with van der Waals surface area (Å²) >= 11 is 0. The second-order valence-corrected chi connectivity index (χ2v) is 31.7. The van der Waals surface area contributed by atoms with Gasteiger partial charge in [-0.15, -0.1) is 0 Å². The molecule has 656 valence electrons. The molecule has 3 amide bonds. The van der Waals surface area contributed by atoms with Crippen molar-refractivity contribution in [3.05, 3.63) is 215 Å². The van der Waals surface area contributed by atoms with Crippen LogP contribution in [0.5, 0.6) is 0 Å². The van der Waals surface area contributed by atoms with Gasteiger partial charge in [0.2, 0.25) is 17.1 Å². The second-order valence-electron chi connectivity index (χ2n) is 31.7. The SMILES string of the molecule is C.CNC(=O)c1c(-c2ccc(F)cc2)oc2nc(NCC(F)(F)F)c(-c3cccc(C(=O)CC(C)(C#N)C4CC4)c3)cc12.CNC(=O)c1c(-c2ccc(F)cc2)oc2nc(NCC(F)(F)F)c(-c3cccc(C(=O)CC(C)(C#N)C4CC4)c3)cc12.CNC(=O)c1c(-c2ccc(F)cc2)oc2nc(NCC(F)(F)F)c(-c3cccc(C(=O)CC(C)(C#N)C4CC4)c3)cc12. The Hall–Kier alpha value is -14.2. The van der Waals surface area contributed by atoms with Gasteiger partial charge in [0.1, 0.15) is 71.8 Å². The van der Waals surface area contributed by atoms with Crippen molar-refractivity contribution in [2.75, 3.05) is 56.7 Å². The normalized spacial score (nSPS) is 14.6. The average molecular weight is 1750 g/mol. The number of aromatic nitrogens is 3. The number of Topliss-reactive ketones (excluding diaryl/α,β-unsaturated/α-hetero) is 3. The van der Waals surface area contributed by atoms with E-state index in [4.69, 9.17) is 13.3 Å². The third-order valence-corrected chi connectivity index (χ3v) is 22.4. The zero-order chi connectivity index (χ0) is 90.7. The zero-order valence-electron chi connectivity index (χ0n) is 68.2. The summed E-state index contributed by atoms with van der Waals surface area (Å²) in [5.74, 6) is -3.81. The van der Waals surface area contributed by atoms with Crippen LogP contribution in [-0.2, 0) is 0 Å². The Labute approximate surface area is 719 Å². The number of halogens is 12. The van der Waals surface area contributed by atoms with Gasteiger partial charge in [-0.3, -0.25) is 28.8 Å². The van der Waals surface area contributed by atoms with Crippen LogP contribution < -0.4 is 31.9 Å². The highest BCUT2D eigenvalue weighted by Crippen LogP contribution is 2.51. The molecule has 0 saturated heterocycles. The number of alkyl halides is 9. The number of nitrogens with one attached hydrogen (secondary N) is 6. The molecule has 33 heteroatoms. The molecule has 0 bridgehead atoms. The summed E-state index contributed by atoms with van der Waals surface area (Å²) in [5, 5.41) is 44.3. The van der Waals surface area contributed by atoms with E-state index in [9.17, 15) is 97.2 Å². The van der Waals surface area contributed by atoms with E-state index >= 15 is 0 Å². The molecule has 3 aliphatic carbocycles. The number of nitriles is 3. The molecule has 0 spiro atoms. The summed E-state index contributed by atoms with van der Waals surface area (Å²) in [6.45, 7) is 1.11. The standard InChI is InChI=1S/3C31H26F4N4O3.CH4/c3*1-30(15-36,20-8-9-20)14-24(40)19-5-3-4-18(12-19)22-13-23-25(28(41)37-2)26(17-6-10-21(32)11-7-17)42-29(23)39-27(22)38-16-31(33,34)35;/h3*3-7,10-13,20H,8-9,14,16H2,1-2H3,(H,37,41)(H,38,39);1H4. The number of anilines is 3. The number of hydrogen-bond donors (Lipinski definition) is 6. The summed E-state index contributed by atoms with van der Waals surface area (Å²) in [4.78, 5) is 91.6. The molecule has 3 fully saturated rings.